The average molecular weight is 156 g/mol. The highest BCUT2D eigenvalue weighted by molar-refractivity contribution is 4.89. The summed E-state index contributed by atoms with van der Waals surface area (Å²) in [7, 11) is 0. The molecule has 0 N–H and O–H groups in total. The van der Waals surface area contributed by atoms with E-state index in [4.69, 9.17) is 4.74 Å². The fraction of sp³-hybridized carbons (Fsp3) is 1.00. The minimum absolute atomic E-state index is 0.373. The van der Waals surface area contributed by atoms with Crippen LogP contribution in [-0.4, -0.2) is 12.7 Å². The first-order valence-electron chi connectivity index (χ1n) is 4.43. The first-order valence-corrected chi connectivity index (χ1v) is 4.43. The molecule has 1 heteroatoms. The van der Waals surface area contributed by atoms with Gasteiger partial charge in [-0.2, -0.15) is 0 Å². The molecule has 0 saturated carbocycles. The molecule has 1 heterocycles. The molecule has 1 aliphatic heterocycles. The van der Waals surface area contributed by atoms with Crippen molar-refractivity contribution >= 4 is 0 Å². The Morgan fingerprint density at radius 1 is 1.18 bits per heavy atom. The van der Waals surface area contributed by atoms with Crippen molar-refractivity contribution in [2.45, 2.75) is 47.1 Å². The maximum Gasteiger partial charge on any atom is 0.0860 e. The molecule has 1 rings (SSSR count). The summed E-state index contributed by atoms with van der Waals surface area (Å²) in [6.45, 7) is 12.4. The van der Waals surface area contributed by atoms with Crippen molar-refractivity contribution in [1.82, 2.24) is 0 Å². The highest BCUT2D eigenvalue weighted by Crippen LogP contribution is 2.41. The Labute approximate surface area is 70.1 Å². The molecule has 0 aromatic rings. The van der Waals surface area contributed by atoms with Crippen LogP contribution in [0, 0.1) is 10.8 Å². The number of hydrogen-bond acceptors (Lipinski definition) is 1. The van der Waals surface area contributed by atoms with Gasteiger partial charge in [0.15, 0.2) is 0 Å². The number of rotatable bonds is 2. The molecule has 0 aliphatic carbocycles. The monoisotopic (exact) mass is 156 g/mol. The van der Waals surface area contributed by atoms with Gasteiger partial charge >= 0.3 is 0 Å². The van der Waals surface area contributed by atoms with E-state index in [0.29, 0.717) is 16.9 Å². The molecule has 0 aromatic carbocycles. The van der Waals surface area contributed by atoms with Crippen molar-refractivity contribution in [2.75, 3.05) is 6.61 Å². The summed E-state index contributed by atoms with van der Waals surface area (Å²) in [6, 6.07) is 0. The Hall–Kier alpha value is -0.0400. The summed E-state index contributed by atoms with van der Waals surface area (Å²) in [4.78, 5) is 0. The number of epoxide rings is 1. The van der Waals surface area contributed by atoms with Crippen LogP contribution in [0.2, 0.25) is 0 Å². The van der Waals surface area contributed by atoms with E-state index in [1.807, 2.05) is 0 Å². The van der Waals surface area contributed by atoms with Crippen LogP contribution in [0.3, 0.4) is 0 Å². The third-order valence-electron chi connectivity index (χ3n) is 2.19. The molecule has 1 aliphatic rings. The second-order valence-corrected chi connectivity index (χ2v) is 5.55. The lowest BCUT2D eigenvalue weighted by Crippen LogP contribution is -2.25. The summed E-state index contributed by atoms with van der Waals surface area (Å²) >= 11 is 0. The lowest BCUT2D eigenvalue weighted by atomic mass is 9.74. The van der Waals surface area contributed by atoms with Gasteiger partial charge in [0.25, 0.3) is 0 Å². The zero-order valence-electron chi connectivity index (χ0n) is 8.40. The quantitative estimate of drug-likeness (QED) is 0.560. The van der Waals surface area contributed by atoms with Gasteiger partial charge in [0, 0.05) is 0 Å². The summed E-state index contributed by atoms with van der Waals surface area (Å²) < 4.78 is 5.32. The molecule has 0 radical (unpaired) electrons. The van der Waals surface area contributed by atoms with Gasteiger partial charge in [-0.15, -0.1) is 0 Å². The predicted octanol–water partition coefficient (Wildman–Crippen LogP) is 2.85. The van der Waals surface area contributed by atoms with Crippen molar-refractivity contribution in [1.29, 1.82) is 0 Å². The van der Waals surface area contributed by atoms with E-state index in [1.165, 1.54) is 6.42 Å². The van der Waals surface area contributed by atoms with Crippen LogP contribution >= 0.6 is 0 Å². The third kappa shape index (κ3) is 2.82. The van der Waals surface area contributed by atoms with Crippen LogP contribution in [0.15, 0.2) is 0 Å². The number of ether oxygens (including phenoxy) is 1. The highest BCUT2D eigenvalue weighted by Gasteiger charge is 2.41. The molecule has 1 unspecified atom stereocenters. The molecule has 66 valence electrons. The zero-order chi connectivity index (χ0) is 8.70. The van der Waals surface area contributed by atoms with Gasteiger partial charge in [0.1, 0.15) is 0 Å². The fourth-order valence-corrected chi connectivity index (χ4v) is 1.98. The van der Waals surface area contributed by atoms with Crippen LogP contribution in [0.5, 0.6) is 0 Å². The van der Waals surface area contributed by atoms with E-state index in [-0.39, 0.29) is 0 Å². The molecule has 11 heavy (non-hydrogen) atoms. The fourth-order valence-electron chi connectivity index (χ4n) is 1.98. The van der Waals surface area contributed by atoms with Crippen molar-refractivity contribution in [3.63, 3.8) is 0 Å². The molecule has 0 aromatic heterocycles. The van der Waals surface area contributed by atoms with Crippen LogP contribution in [0.25, 0.3) is 0 Å². The van der Waals surface area contributed by atoms with Crippen molar-refractivity contribution < 1.29 is 4.74 Å². The summed E-state index contributed by atoms with van der Waals surface area (Å²) in [6.07, 6.45) is 1.77. The minimum atomic E-state index is 0.373. The molecule has 0 spiro atoms. The largest absolute Gasteiger partial charge is 0.373 e. The van der Waals surface area contributed by atoms with E-state index < -0.39 is 0 Å². The Kier molecular flexibility index (Phi) is 2.04. The van der Waals surface area contributed by atoms with Crippen molar-refractivity contribution in [3.05, 3.63) is 0 Å². The van der Waals surface area contributed by atoms with Gasteiger partial charge in [-0.05, 0) is 17.3 Å². The highest BCUT2D eigenvalue weighted by atomic mass is 16.6. The van der Waals surface area contributed by atoms with Gasteiger partial charge < -0.3 is 4.74 Å². The average Bonchev–Trinajstić information content (AvgIpc) is 2.30. The number of hydrogen-bond donors (Lipinski definition) is 0. The standard InChI is InChI=1S/C10H20O/c1-9(2,3)7-10(4,5)8-6-11-8/h8H,6-7H2,1-5H3. The first kappa shape index (κ1) is 9.05. The van der Waals surface area contributed by atoms with E-state index in [9.17, 15) is 0 Å². The third-order valence-corrected chi connectivity index (χ3v) is 2.19. The van der Waals surface area contributed by atoms with Crippen LogP contribution in [-0.2, 0) is 4.74 Å². The summed E-state index contributed by atoms with van der Waals surface area (Å²) in [5.74, 6) is 0. The topological polar surface area (TPSA) is 12.5 Å². The molecule has 1 nitrogen and oxygen atoms in total. The maximum atomic E-state index is 5.32. The molecule has 1 atom stereocenters. The van der Waals surface area contributed by atoms with Gasteiger partial charge in [0.05, 0.1) is 12.7 Å². The van der Waals surface area contributed by atoms with Crippen LogP contribution in [0.1, 0.15) is 41.0 Å². The van der Waals surface area contributed by atoms with Gasteiger partial charge in [-0.3, -0.25) is 0 Å². The van der Waals surface area contributed by atoms with Gasteiger partial charge in [-0.1, -0.05) is 34.6 Å². The Balaban J connectivity index is 2.45. The van der Waals surface area contributed by atoms with E-state index in [1.54, 1.807) is 0 Å². The molecular formula is C10H20O. The summed E-state index contributed by atoms with van der Waals surface area (Å²) in [5, 5.41) is 0. The molecule has 1 saturated heterocycles. The van der Waals surface area contributed by atoms with Crippen molar-refractivity contribution in [2.24, 2.45) is 10.8 Å². The van der Waals surface area contributed by atoms with E-state index >= 15 is 0 Å². The minimum Gasteiger partial charge on any atom is -0.373 e. The molecule has 0 amide bonds. The molecule has 1 fully saturated rings. The SMILES string of the molecule is CC(C)(C)CC(C)(C)C1CO1. The van der Waals surface area contributed by atoms with Gasteiger partial charge in [0.2, 0.25) is 0 Å². The zero-order valence-corrected chi connectivity index (χ0v) is 8.40. The smallest absolute Gasteiger partial charge is 0.0860 e. The molecular weight excluding hydrogens is 136 g/mol. The van der Waals surface area contributed by atoms with Crippen molar-refractivity contribution in [3.8, 4) is 0 Å². The first-order chi connectivity index (χ1) is 4.81. The maximum absolute atomic E-state index is 5.32. The van der Waals surface area contributed by atoms with E-state index in [0.717, 1.165) is 6.61 Å². The second kappa shape index (κ2) is 2.48. The van der Waals surface area contributed by atoms with Gasteiger partial charge in [-0.25, -0.2) is 0 Å². The lowest BCUT2D eigenvalue weighted by molar-refractivity contribution is 0.161. The van der Waals surface area contributed by atoms with E-state index in [2.05, 4.69) is 34.6 Å². The predicted molar refractivity (Wildman–Crippen MR) is 47.6 cm³/mol. The Morgan fingerprint density at radius 2 is 1.64 bits per heavy atom. The second-order valence-electron chi connectivity index (χ2n) is 5.55. The Bertz CT molecular complexity index is 137. The normalized spacial score (nSPS) is 25.4. The molecule has 0 bridgehead atoms. The van der Waals surface area contributed by atoms with Crippen LogP contribution in [0.4, 0.5) is 0 Å². The summed E-state index contributed by atoms with van der Waals surface area (Å²) in [5.41, 5.74) is 0.799. The Morgan fingerprint density at radius 3 is 1.91 bits per heavy atom. The van der Waals surface area contributed by atoms with Crippen LogP contribution < -0.4 is 0 Å². The lowest BCUT2D eigenvalue weighted by Gasteiger charge is -2.30.